The van der Waals surface area contributed by atoms with Crippen molar-refractivity contribution in [2.45, 2.75) is 18.8 Å². The average Bonchev–Trinajstić information content (AvgIpc) is 2.51. The van der Waals surface area contributed by atoms with Crippen LogP contribution in [0.4, 0.5) is 0 Å². The highest BCUT2D eigenvalue weighted by atomic mass is 35.5. The molecule has 0 radical (unpaired) electrons. The topological polar surface area (TPSA) is 45.9 Å². The summed E-state index contributed by atoms with van der Waals surface area (Å²) in [5.74, 6) is 0.512. The maximum absolute atomic E-state index is 9.61. The van der Waals surface area contributed by atoms with Gasteiger partial charge in [-0.25, -0.2) is 0 Å². The molecule has 0 N–H and O–H groups in total. The average molecular weight is 321 g/mol. The van der Waals surface area contributed by atoms with E-state index < -0.39 is 5.41 Å². The van der Waals surface area contributed by atoms with Crippen LogP contribution in [0.25, 0.3) is 0 Å². The Labute approximate surface area is 134 Å². The molecule has 0 aliphatic carbocycles. The van der Waals surface area contributed by atoms with Crippen molar-refractivity contribution in [2.75, 3.05) is 6.61 Å². The Balaban J connectivity index is 2.24. The molecule has 0 saturated carbocycles. The summed E-state index contributed by atoms with van der Waals surface area (Å²) >= 11 is 11.9. The van der Waals surface area contributed by atoms with Crippen molar-refractivity contribution in [3.63, 3.8) is 0 Å². The Kier molecular flexibility index (Phi) is 5.06. The molecule has 21 heavy (non-hydrogen) atoms. The van der Waals surface area contributed by atoms with E-state index in [0.29, 0.717) is 22.2 Å². The number of nitrogens with zero attached hydrogens (tertiary/aromatic N) is 2. The summed E-state index contributed by atoms with van der Waals surface area (Å²) in [6.07, 6.45) is 3.98. The van der Waals surface area contributed by atoms with Crippen molar-refractivity contribution in [1.82, 2.24) is 4.98 Å². The van der Waals surface area contributed by atoms with Gasteiger partial charge in [0.05, 0.1) is 11.1 Å². The zero-order valence-electron chi connectivity index (χ0n) is 11.5. The quantitative estimate of drug-likeness (QED) is 0.806. The third-order valence-electron chi connectivity index (χ3n) is 3.40. The molecule has 1 atom stereocenters. The van der Waals surface area contributed by atoms with Gasteiger partial charge in [-0.05, 0) is 36.2 Å². The van der Waals surface area contributed by atoms with Crippen LogP contribution >= 0.6 is 23.2 Å². The van der Waals surface area contributed by atoms with Gasteiger partial charge in [0.15, 0.2) is 0 Å². The molecule has 2 aromatic rings. The lowest BCUT2D eigenvalue weighted by Gasteiger charge is -2.25. The first-order valence-electron chi connectivity index (χ1n) is 6.51. The third-order valence-corrected chi connectivity index (χ3v) is 3.93. The van der Waals surface area contributed by atoms with Crippen LogP contribution < -0.4 is 4.74 Å². The van der Waals surface area contributed by atoms with Gasteiger partial charge in [0, 0.05) is 17.4 Å². The van der Waals surface area contributed by atoms with Crippen LogP contribution in [-0.4, -0.2) is 11.6 Å². The second-order valence-corrected chi connectivity index (χ2v) is 5.50. The molecule has 0 spiro atoms. The number of nitriles is 1. The van der Waals surface area contributed by atoms with Crippen LogP contribution in [0.5, 0.6) is 5.75 Å². The molecule has 0 bridgehead atoms. The molecule has 1 aromatic carbocycles. The molecule has 0 fully saturated rings. The Hall–Kier alpha value is -1.76. The summed E-state index contributed by atoms with van der Waals surface area (Å²) in [6, 6.07) is 11.1. The Bertz CT molecular complexity index is 655. The van der Waals surface area contributed by atoms with Crippen LogP contribution in [0, 0.1) is 11.3 Å². The highest BCUT2D eigenvalue weighted by Gasteiger charge is 2.32. The van der Waals surface area contributed by atoms with E-state index in [1.165, 1.54) is 0 Å². The molecule has 0 amide bonds. The number of hydrogen-bond donors (Lipinski definition) is 0. The molecular weight excluding hydrogens is 307 g/mol. The number of hydrogen-bond acceptors (Lipinski definition) is 3. The molecule has 1 heterocycles. The van der Waals surface area contributed by atoms with E-state index >= 15 is 0 Å². The Morgan fingerprint density at radius 3 is 2.71 bits per heavy atom. The zero-order valence-corrected chi connectivity index (χ0v) is 13.0. The van der Waals surface area contributed by atoms with Gasteiger partial charge >= 0.3 is 0 Å². The number of benzene rings is 1. The highest BCUT2D eigenvalue weighted by molar-refractivity contribution is 6.35. The summed E-state index contributed by atoms with van der Waals surface area (Å²) in [7, 11) is 0. The fourth-order valence-corrected chi connectivity index (χ4v) is 2.47. The monoisotopic (exact) mass is 320 g/mol. The lowest BCUT2D eigenvalue weighted by molar-refractivity contribution is 0.247. The minimum absolute atomic E-state index is 0.201. The molecule has 3 nitrogen and oxygen atoms in total. The van der Waals surface area contributed by atoms with Crippen molar-refractivity contribution in [2.24, 2.45) is 0 Å². The van der Waals surface area contributed by atoms with Crippen LogP contribution in [-0.2, 0) is 5.41 Å². The Morgan fingerprint density at radius 2 is 2.14 bits per heavy atom. The first-order chi connectivity index (χ1) is 10.1. The van der Waals surface area contributed by atoms with E-state index in [2.05, 4.69) is 11.1 Å². The van der Waals surface area contributed by atoms with E-state index in [-0.39, 0.29) is 6.61 Å². The zero-order chi connectivity index (χ0) is 15.3. The van der Waals surface area contributed by atoms with E-state index in [0.717, 1.165) is 5.56 Å². The molecule has 2 rings (SSSR count). The molecule has 5 heteroatoms. The summed E-state index contributed by atoms with van der Waals surface area (Å²) in [4.78, 5) is 4.08. The largest absolute Gasteiger partial charge is 0.490 e. The first kappa shape index (κ1) is 15.6. The van der Waals surface area contributed by atoms with Crippen LogP contribution in [0.3, 0.4) is 0 Å². The predicted molar refractivity (Wildman–Crippen MR) is 83.8 cm³/mol. The normalized spacial score (nSPS) is 13.2. The number of rotatable bonds is 5. The standard InChI is InChI=1S/C16H14Cl2N2O/c1-2-16(10-19,12-4-3-7-20-9-12)11-21-15-6-5-13(17)8-14(15)18/h3-9H,2,11H2,1H3. The van der Waals surface area contributed by atoms with Crippen molar-refractivity contribution in [3.8, 4) is 11.8 Å². The number of aromatic nitrogens is 1. The second kappa shape index (κ2) is 6.80. The first-order valence-corrected chi connectivity index (χ1v) is 7.26. The number of ether oxygens (including phenoxy) is 1. The summed E-state index contributed by atoms with van der Waals surface area (Å²) in [6.45, 7) is 2.15. The summed E-state index contributed by atoms with van der Waals surface area (Å²) < 4.78 is 5.75. The van der Waals surface area contributed by atoms with Crippen LogP contribution in [0.2, 0.25) is 10.0 Å². The molecule has 1 aromatic heterocycles. The number of halogens is 2. The lowest BCUT2D eigenvalue weighted by Crippen LogP contribution is -2.31. The molecule has 0 aliphatic rings. The second-order valence-electron chi connectivity index (χ2n) is 4.65. The van der Waals surface area contributed by atoms with Gasteiger partial charge in [0.1, 0.15) is 17.8 Å². The number of pyridine rings is 1. The predicted octanol–water partition coefficient (Wildman–Crippen LogP) is 4.64. The van der Waals surface area contributed by atoms with E-state index in [1.54, 1.807) is 30.6 Å². The molecule has 0 aliphatic heterocycles. The smallest absolute Gasteiger partial charge is 0.138 e. The van der Waals surface area contributed by atoms with Gasteiger partial charge in [0.25, 0.3) is 0 Å². The maximum Gasteiger partial charge on any atom is 0.138 e. The highest BCUT2D eigenvalue weighted by Crippen LogP contribution is 2.32. The van der Waals surface area contributed by atoms with Crippen molar-refractivity contribution >= 4 is 23.2 Å². The van der Waals surface area contributed by atoms with Gasteiger partial charge < -0.3 is 4.74 Å². The molecule has 108 valence electrons. The van der Waals surface area contributed by atoms with Crippen molar-refractivity contribution in [3.05, 3.63) is 58.3 Å². The van der Waals surface area contributed by atoms with Crippen molar-refractivity contribution < 1.29 is 4.74 Å². The third kappa shape index (κ3) is 3.47. The SMILES string of the molecule is CCC(C#N)(COc1ccc(Cl)cc1Cl)c1cccnc1. The van der Waals surface area contributed by atoms with E-state index in [1.807, 2.05) is 19.1 Å². The van der Waals surface area contributed by atoms with Crippen LogP contribution in [0.1, 0.15) is 18.9 Å². The molecule has 0 saturated heterocycles. The van der Waals surface area contributed by atoms with Crippen molar-refractivity contribution in [1.29, 1.82) is 5.26 Å². The summed E-state index contributed by atoms with van der Waals surface area (Å²) in [5.41, 5.74) is 0.0807. The van der Waals surface area contributed by atoms with E-state index in [4.69, 9.17) is 27.9 Å². The van der Waals surface area contributed by atoms with Gasteiger partial charge in [-0.3, -0.25) is 4.98 Å². The molecular formula is C16H14Cl2N2O. The minimum Gasteiger partial charge on any atom is -0.490 e. The fourth-order valence-electron chi connectivity index (χ4n) is 2.00. The minimum atomic E-state index is -0.753. The van der Waals surface area contributed by atoms with Gasteiger partial charge in [-0.1, -0.05) is 36.2 Å². The van der Waals surface area contributed by atoms with Gasteiger partial charge in [-0.2, -0.15) is 5.26 Å². The van der Waals surface area contributed by atoms with Crippen LogP contribution in [0.15, 0.2) is 42.7 Å². The Morgan fingerprint density at radius 1 is 1.33 bits per heavy atom. The van der Waals surface area contributed by atoms with Gasteiger partial charge in [-0.15, -0.1) is 0 Å². The van der Waals surface area contributed by atoms with Gasteiger partial charge in [0.2, 0.25) is 0 Å². The summed E-state index contributed by atoms with van der Waals surface area (Å²) in [5, 5.41) is 10.6. The molecule has 1 unspecified atom stereocenters. The lowest BCUT2D eigenvalue weighted by atomic mass is 9.81. The fraction of sp³-hybridized carbons (Fsp3) is 0.250. The maximum atomic E-state index is 9.61. The van der Waals surface area contributed by atoms with E-state index in [9.17, 15) is 5.26 Å².